The molecule has 0 unspecified atom stereocenters. The molecular weight excluding hydrogens is 234 g/mol. The summed E-state index contributed by atoms with van der Waals surface area (Å²) in [6.45, 7) is 3.63. The molecule has 0 radical (unpaired) electrons. The van der Waals surface area contributed by atoms with E-state index < -0.39 is 12.0 Å². The van der Waals surface area contributed by atoms with Crippen molar-refractivity contribution < 1.29 is 9.90 Å². The minimum absolute atomic E-state index is 0.473. The Kier molecular flexibility index (Phi) is 3.40. The number of aromatic nitrogens is 4. The van der Waals surface area contributed by atoms with Crippen molar-refractivity contribution in [3.05, 3.63) is 18.1 Å². The molecule has 2 aromatic heterocycles. The quantitative estimate of drug-likeness (QED) is 0.820. The third-order valence-electron chi connectivity index (χ3n) is 2.55. The highest BCUT2D eigenvalue weighted by Crippen LogP contribution is 2.13. The molecule has 0 aliphatic carbocycles. The number of aryl methyl sites for hydroxylation is 1. The van der Waals surface area contributed by atoms with Gasteiger partial charge in [-0.05, 0) is 13.3 Å². The van der Waals surface area contributed by atoms with Crippen molar-refractivity contribution in [1.29, 1.82) is 0 Å². The number of nitrogens with one attached hydrogen (secondary N) is 1. The fraction of sp³-hybridized carbons (Fsp3) is 0.455. The van der Waals surface area contributed by atoms with Crippen LogP contribution in [0.3, 0.4) is 0 Å². The van der Waals surface area contributed by atoms with Gasteiger partial charge in [0.15, 0.2) is 0 Å². The molecule has 7 heteroatoms. The Morgan fingerprint density at radius 1 is 1.61 bits per heavy atom. The number of rotatable bonds is 5. The molecule has 0 spiro atoms. The van der Waals surface area contributed by atoms with Crippen molar-refractivity contribution in [3.8, 4) is 0 Å². The van der Waals surface area contributed by atoms with Gasteiger partial charge in [0.25, 0.3) is 5.78 Å². The zero-order valence-electron chi connectivity index (χ0n) is 10.3. The molecule has 96 valence electrons. The predicted molar refractivity (Wildman–Crippen MR) is 65.5 cm³/mol. The second-order valence-electron chi connectivity index (χ2n) is 4.06. The molecule has 0 saturated carbocycles. The molecule has 1 atom stereocenters. The molecule has 2 heterocycles. The summed E-state index contributed by atoms with van der Waals surface area (Å²) < 4.78 is 1.50. The first-order valence-electron chi connectivity index (χ1n) is 5.80. The van der Waals surface area contributed by atoms with Crippen LogP contribution in [-0.4, -0.2) is 36.7 Å². The van der Waals surface area contributed by atoms with Crippen LogP contribution >= 0.6 is 0 Å². The van der Waals surface area contributed by atoms with E-state index in [-0.39, 0.29) is 0 Å². The van der Waals surface area contributed by atoms with Crippen molar-refractivity contribution in [2.24, 2.45) is 0 Å². The predicted octanol–water partition coefficient (Wildman–Crippen LogP) is 0.962. The van der Waals surface area contributed by atoms with Crippen LogP contribution in [0.4, 0.5) is 5.82 Å². The molecule has 0 aliphatic heterocycles. The fourth-order valence-corrected chi connectivity index (χ4v) is 1.63. The Morgan fingerprint density at radius 3 is 3.06 bits per heavy atom. The first-order valence-corrected chi connectivity index (χ1v) is 5.80. The van der Waals surface area contributed by atoms with Gasteiger partial charge >= 0.3 is 5.97 Å². The summed E-state index contributed by atoms with van der Waals surface area (Å²) in [5.74, 6) is 0.147. The molecule has 0 amide bonds. The molecule has 0 saturated heterocycles. The van der Waals surface area contributed by atoms with Crippen LogP contribution in [0.2, 0.25) is 0 Å². The second kappa shape index (κ2) is 4.99. The van der Waals surface area contributed by atoms with Gasteiger partial charge in [-0.1, -0.05) is 13.3 Å². The largest absolute Gasteiger partial charge is 0.480 e. The molecule has 0 fully saturated rings. The maximum Gasteiger partial charge on any atom is 0.325 e. The maximum atomic E-state index is 10.9. The number of hydrogen-bond donors (Lipinski definition) is 2. The minimum Gasteiger partial charge on any atom is -0.480 e. The lowest BCUT2D eigenvalue weighted by molar-refractivity contribution is -0.137. The molecule has 2 N–H and O–H groups in total. The SMILES string of the molecule is CCCc1cc(N[C@H](C)C(=O)O)n2ncnc2n1. The van der Waals surface area contributed by atoms with Gasteiger partial charge in [-0.2, -0.15) is 14.6 Å². The molecule has 18 heavy (non-hydrogen) atoms. The zero-order valence-corrected chi connectivity index (χ0v) is 10.3. The highest BCUT2D eigenvalue weighted by Gasteiger charge is 2.14. The van der Waals surface area contributed by atoms with E-state index in [1.165, 1.54) is 10.8 Å². The first kappa shape index (κ1) is 12.3. The number of hydrogen-bond acceptors (Lipinski definition) is 5. The number of carbonyl (C=O) groups is 1. The highest BCUT2D eigenvalue weighted by molar-refractivity contribution is 5.76. The van der Waals surface area contributed by atoms with E-state index in [2.05, 4.69) is 27.3 Å². The van der Waals surface area contributed by atoms with E-state index in [9.17, 15) is 4.79 Å². The first-order chi connectivity index (χ1) is 8.61. The summed E-state index contributed by atoms with van der Waals surface area (Å²) in [7, 11) is 0. The molecule has 0 aliphatic rings. The number of anilines is 1. The van der Waals surface area contributed by atoms with E-state index in [0.29, 0.717) is 11.6 Å². The van der Waals surface area contributed by atoms with Gasteiger partial charge in [0.2, 0.25) is 0 Å². The van der Waals surface area contributed by atoms with Crippen LogP contribution in [0.5, 0.6) is 0 Å². The molecule has 7 nitrogen and oxygen atoms in total. The highest BCUT2D eigenvalue weighted by atomic mass is 16.4. The summed E-state index contributed by atoms with van der Waals surface area (Å²) in [5, 5.41) is 15.8. The van der Waals surface area contributed by atoms with E-state index in [1.807, 2.05) is 6.07 Å². The van der Waals surface area contributed by atoms with Crippen LogP contribution in [0.25, 0.3) is 5.78 Å². The van der Waals surface area contributed by atoms with Gasteiger partial charge in [0, 0.05) is 11.8 Å². The van der Waals surface area contributed by atoms with Gasteiger partial charge in [0.1, 0.15) is 18.2 Å². The lowest BCUT2D eigenvalue weighted by atomic mass is 10.2. The van der Waals surface area contributed by atoms with E-state index in [1.54, 1.807) is 6.92 Å². The second-order valence-corrected chi connectivity index (χ2v) is 4.06. The third kappa shape index (κ3) is 2.39. The van der Waals surface area contributed by atoms with Crippen LogP contribution in [0.15, 0.2) is 12.4 Å². The zero-order chi connectivity index (χ0) is 13.1. The Labute approximate surface area is 104 Å². The minimum atomic E-state index is -0.919. The fourth-order valence-electron chi connectivity index (χ4n) is 1.63. The summed E-state index contributed by atoms with van der Waals surface area (Å²) >= 11 is 0. The maximum absolute atomic E-state index is 10.9. The number of fused-ring (bicyclic) bond motifs is 1. The Balaban J connectivity index is 2.40. The Bertz CT molecular complexity index is 566. The number of carboxylic acid groups (broad SMARTS) is 1. The monoisotopic (exact) mass is 249 g/mol. The summed E-state index contributed by atoms with van der Waals surface area (Å²) in [6, 6.07) is 1.11. The molecular formula is C11H15N5O2. The van der Waals surface area contributed by atoms with Gasteiger partial charge in [-0.3, -0.25) is 4.79 Å². The van der Waals surface area contributed by atoms with Crippen molar-refractivity contribution in [2.45, 2.75) is 32.7 Å². The number of nitrogens with zero attached hydrogens (tertiary/aromatic N) is 4. The number of carboxylic acids is 1. The lowest BCUT2D eigenvalue weighted by Gasteiger charge is -2.12. The van der Waals surface area contributed by atoms with Gasteiger partial charge in [0.05, 0.1) is 0 Å². The van der Waals surface area contributed by atoms with Crippen molar-refractivity contribution in [1.82, 2.24) is 19.6 Å². The Morgan fingerprint density at radius 2 is 2.39 bits per heavy atom. The van der Waals surface area contributed by atoms with Crippen molar-refractivity contribution in [2.75, 3.05) is 5.32 Å². The van der Waals surface area contributed by atoms with Crippen LogP contribution in [-0.2, 0) is 11.2 Å². The normalized spacial score (nSPS) is 12.6. The van der Waals surface area contributed by atoms with Gasteiger partial charge in [-0.15, -0.1) is 0 Å². The van der Waals surface area contributed by atoms with Crippen molar-refractivity contribution in [3.63, 3.8) is 0 Å². The van der Waals surface area contributed by atoms with Crippen LogP contribution in [0.1, 0.15) is 26.0 Å². The van der Waals surface area contributed by atoms with Gasteiger partial charge < -0.3 is 10.4 Å². The molecule has 2 aromatic rings. The molecule has 0 bridgehead atoms. The van der Waals surface area contributed by atoms with Crippen molar-refractivity contribution >= 4 is 17.6 Å². The summed E-state index contributed by atoms with van der Waals surface area (Å²) in [4.78, 5) is 19.2. The average Bonchev–Trinajstić information content (AvgIpc) is 2.77. The lowest BCUT2D eigenvalue weighted by Crippen LogP contribution is -2.26. The average molecular weight is 249 g/mol. The summed E-state index contributed by atoms with van der Waals surface area (Å²) in [5.41, 5.74) is 0.873. The van der Waals surface area contributed by atoms with Crippen LogP contribution < -0.4 is 5.32 Å². The van der Waals surface area contributed by atoms with E-state index >= 15 is 0 Å². The van der Waals surface area contributed by atoms with E-state index in [0.717, 1.165) is 18.5 Å². The third-order valence-corrected chi connectivity index (χ3v) is 2.55. The van der Waals surface area contributed by atoms with E-state index in [4.69, 9.17) is 5.11 Å². The van der Waals surface area contributed by atoms with Gasteiger partial charge in [-0.25, -0.2) is 4.98 Å². The smallest absolute Gasteiger partial charge is 0.325 e. The number of aliphatic carboxylic acids is 1. The molecule has 2 rings (SSSR count). The molecule has 0 aromatic carbocycles. The topological polar surface area (TPSA) is 92.4 Å². The standard InChI is InChI=1S/C11H15N5O2/c1-3-4-8-5-9(14-7(2)10(17)18)16-11(15-8)12-6-13-16/h5-7,14H,3-4H2,1-2H3,(H,17,18)/t7-/m1/s1. The summed E-state index contributed by atoms with van der Waals surface area (Å²) in [6.07, 6.45) is 3.18. The van der Waals surface area contributed by atoms with Crippen LogP contribution in [0, 0.1) is 0 Å². The Hall–Kier alpha value is -2.18.